The van der Waals surface area contributed by atoms with E-state index in [0.717, 1.165) is 29.4 Å². The number of fused-ring (bicyclic) bond motifs is 1. The number of methoxy groups -OCH3 is 1. The van der Waals surface area contributed by atoms with Crippen LogP contribution in [0.1, 0.15) is 34.8 Å². The quantitative estimate of drug-likeness (QED) is 0.798. The number of aromatic nitrogens is 4. The fourth-order valence-corrected chi connectivity index (χ4v) is 2.71. The molecule has 0 spiro atoms. The Morgan fingerprint density at radius 2 is 2.17 bits per heavy atom. The number of hydrogen-bond acceptors (Lipinski definition) is 5. The van der Waals surface area contributed by atoms with Crippen molar-refractivity contribution in [2.45, 2.75) is 18.8 Å². The smallest absolute Gasteiger partial charge is 0.258 e. The van der Waals surface area contributed by atoms with E-state index >= 15 is 0 Å². The maximum Gasteiger partial charge on any atom is 0.258 e. The number of nitrogens with zero attached hydrogens (tertiary/aromatic N) is 4. The third kappa shape index (κ3) is 2.58. The van der Waals surface area contributed by atoms with Gasteiger partial charge in [-0.2, -0.15) is 10.1 Å². The average Bonchev–Trinajstić information content (AvgIpc) is 3.37. The molecule has 1 aliphatic rings. The predicted molar refractivity (Wildman–Crippen MR) is 89.2 cm³/mol. The lowest BCUT2D eigenvalue weighted by molar-refractivity contribution is 0.102. The number of rotatable bonds is 4. The first-order valence-corrected chi connectivity index (χ1v) is 7.80. The van der Waals surface area contributed by atoms with Crippen LogP contribution in [0, 0.1) is 0 Å². The Bertz CT molecular complexity index is 930. The van der Waals surface area contributed by atoms with Gasteiger partial charge in [-0.15, -0.1) is 0 Å². The number of carbonyl (C=O) groups excluding carboxylic acids is 1. The summed E-state index contributed by atoms with van der Waals surface area (Å²) in [5, 5.41) is 7.53. The number of amides is 1. The molecule has 24 heavy (non-hydrogen) atoms. The summed E-state index contributed by atoms with van der Waals surface area (Å²) >= 11 is 0. The zero-order valence-corrected chi connectivity index (χ0v) is 13.5. The lowest BCUT2D eigenvalue weighted by atomic mass is 10.0. The second kappa shape index (κ2) is 5.59. The van der Waals surface area contributed by atoms with E-state index in [1.807, 2.05) is 24.3 Å². The average molecular weight is 323 g/mol. The maximum atomic E-state index is 12.8. The Labute approximate surface area is 138 Å². The van der Waals surface area contributed by atoms with Crippen LogP contribution in [0.2, 0.25) is 0 Å². The number of hydrogen-bond donors (Lipinski definition) is 1. The number of aryl methyl sites for hydroxylation is 1. The van der Waals surface area contributed by atoms with Gasteiger partial charge in [-0.3, -0.25) is 15.1 Å². The van der Waals surface area contributed by atoms with Crippen LogP contribution in [0.3, 0.4) is 0 Å². The molecular weight excluding hydrogens is 306 g/mol. The standard InChI is InChI=1S/C17H17N5O2/c1-22-17(18-9-19-22)21-16(23)13-8-15(10-3-4-10)20-14-6-5-11(24-2)7-12(13)14/h5-10H,3-4H2,1-2H3,(H,18,19,21,23). The first-order chi connectivity index (χ1) is 11.7. The van der Waals surface area contributed by atoms with E-state index < -0.39 is 0 Å². The molecule has 0 atom stereocenters. The van der Waals surface area contributed by atoms with Crippen LogP contribution in [0.25, 0.3) is 10.9 Å². The number of nitrogens with one attached hydrogen (secondary N) is 1. The third-order valence-corrected chi connectivity index (χ3v) is 4.21. The van der Waals surface area contributed by atoms with Crippen LogP contribution >= 0.6 is 0 Å². The molecule has 0 bridgehead atoms. The van der Waals surface area contributed by atoms with Gasteiger partial charge >= 0.3 is 0 Å². The molecule has 3 aromatic rings. The molecule has 1 saturated carbocycles. The number of benzene rings is 1. The third-order valence-electron chi connectivity index (χ3n) is 4.21. The zero-order chi connectivity index (χ0) is 16.7. The SMILES string of the molecule is COc1ccc2nc(C3CC3)cc(C(=O)Nc3ncnn3C)c2c1. The molecule has 0 aliphatic heterocycles. The number of ether oxygens (including phenoxy) is 1. The van der Waals surface area contributed by atoms with Gasteiger partial charge in [0.05, 0.1) is 18.2 Å². The Hall–Kier alpha value is -2.96. The number of pyridine rings is 1. The van der Waals surface area contributed by atoms with Crippen molar-refractivity contribution in [3.8, 4) is 5.75 Å². The van der Waals surface area contributed by atoms with Crippen molar-refractivity contribution in [3.63, 3.8) is 0 Å². The van der Waals surface area contributed by atoms with E-state index in [-0.39, 0.29) is 5.91 Å². The molecule has 0 unspecified atom stereocenters. The summed E-state index contributed by atoms with van der Waals surface area (Å²) in [6, 6.07) is 7.46. The highest BCUT2D eigenvalue weighted by Gasteiger charge is 2.27. The fourth-order valence-electron chi connectivity index (χ4n) is 2.71. The van der Waals surface area contributed by atoms with Crippen LogP contribution in [0.5, 0.6) is 5.75 Å². The summed E-state index contributed by atoms with van der Waals surface area (Å²) in [4.78, 5) is 21.6. The molecule has 7 nitrogen and oxygen atoms in total. The molecule has 0 saturated heterocycles. The molecule has 1 fully saturated rings. The molecule has 2 heterocycles. The Kier molecular flexibility index (Phi) is 3.41. The van der Waals surface area contributed by atoms with Gasteiger partial charge < -0.3 is 4.74 Å². The summed E-state index contributed by atoms with van der Waals surface area (Å²) in [5.74, 6) is 1.32. The van der Waals surface area contributed by atoms with Gasteiger partial charge in [0.25, 0.3) is 5.91 Å². The van der Waals surface area contributed by atoms with Crippen LogP contribution in [-0.4, -0.2) is 32.8 Å². The summed E-state index contributed by atoms with van der Waals surface area (Å²) in [6.45, 7) is 0. The fraction of sp³-hybridized carbons (Fsp3) is 0.294. The van der Waals surface area contributed by atoms with Crippen molar-refractivity contribution in [3.05, 3.63) is 41.9 Å². The van der Waals surface area contributed by atoms with Gasteiger partial charge in [0.1, 0.15) is 12.1 Å². The molecule has 122 valence electrons. The Morgan fingerprint density at radius 1 is 1.33 bits per heavy atom. The monoisotopic (exact) mass is 323 g/mol. The molecular formula is C17H17N5O2. The van der Waals surface area contributed by atoms with E-state index in [9.17, 15) is 4.79 Å². The van der Waals surface area contributed by atoms with Crippen LogP contribution < -0.4 is 10.1 Å². The van der Waals surface area contributed by atoms with E-state index in [0.29, 0.717) is 23.2 Å². The summed E-state index contributed by atoms with van der Waals surface area (Å²) in [7, 11) is 3.33. The molecule has 2 aromatic heterocycles. The van der Waals surface area contributed by atoms with Crippen molar-refractivity contribution in [1.29, 1.82) is 0 Å². The first kappa shape index (κ1) is 14.6. The highest BCUT2D eigenvalue weighted by molar-refractivity contribution is 6.12. The van der Waals surface area contributed by atoms with Gasteiger partial charge in [-0.25, -0.2) is 4.68 Å². The molecule has 1 N–H and O–H groups in total. The van der Waals surface area contributed by atoms with Gasteiger partial charge in [0, 0.05) is 24.0 Å². The Morgan fingerprint density at radius 3 is 2.83 bits per heavy atom. The van der Waals surface area contributed by atoms with Gasteiger partial charge in [0.15, 0.2) is 0 Å². The van der Waals surface area contributed by atoms with Crippen LogP contribution in [-0.2, 0) is 7.05 Å². The lowest BCUT2D eigenvalue weighted by Gasteiger charge is -2.11. The van der Waals surface area contributed by atoms with E-state index in [1.54, 1.807) is 14.2 Å². The summed E-state index contributed by atoms with van der Waals surface area (Å²) in [6.07, 6.45) is 3.65. The molecule has 1 amide bonds. The first-order valence-electron chi connectivity index (χ1n) is 7.80. The van der Waals surface area contributed by atoms with Crippen LogP contribution in [0.15, 0.2) is 30.6 Å². The van der Waals surface area contributed by atoms with Crippen molar-refractivity contribution in [1.82, 2.24) is 19.7 Å². The number of carbonyl (C=O) groups is 1. The minimum absolute atomic E-state index is 0.228. The predicted octanol–water partition coefficient (Wildman–Crippen LogP) is 2.50. The van der Waals surface area contributed by atoms with Crippen molar-refractivity contribution < 1.29 is 9.53 Å². The lowest BCUT2D eigenvalue weighted by Crippen LogP contribution is -2.16. The van der Waals surface area contributed by atoms with E-state index in [4.69, 9.17) is 9.72 Å². The highest BCUT2D eigenvalue weighted by Crippen LogP contribution is 2.40. The summed E-state index contributed by atoms with van der Waals surface area (Å²) in [5.41, 5.74) is 2.34. The van der Waals surface area contributed by atoms with Gasteiger partial charge in [0.2, 0.25) is 5.95 Å². The van der Waals surface area contributed by atoms with Crippen molar-refractivity contribution in [2.75, 3.05) is 12.4 Å². The zero-order valence-electron chi connectivity index (χ0n) is 13.5. The molecule has 1 aromatic carbocycles. The van der Waals surface area contributed by atoms with Crippen molar-refractivity contribution in [2.24, 2.45) is 7.05 Å². The van der Waals surface area contributed by atoms with E-state index in [1.165, 1.54) is 11.0 Å². The molecule has 0 radical (unpaired) electrons. The van der Waals surface area contributed by atoms with Crippen molar-refractivity contribution >= 4 is 22.8 Å². The van der Waals surface area contributed by atoms with Gasteiger partial charge in [-0.1, -0.05) is 0 Å². The topological polar surface area (TPSA) is 81.9 Å². The Balaban J connectivity index is 1.81. The minimum Gasteiger partial charge on any atom is -0.497 e. The molecule has 7 heteroatoms. The molecule has 4 rings (SSSR count). The highest BCUT2D eigenvalue weighted by atomic mass is 16.5. The second-order valence-corrected chi connectivity index (χ2v) is 5.91. The second-order valence-electron chi connectivity index (χ2n) is 5.91. The maximum absolute atomic E-state index is 12.8. The molecule has 1 aliphatic carbocycles. The summed E-state index contributed by atoms with van der Waals surface area (Å²) < 4.78 is 6.80. The van der Waals surface area contributed by atoms with E-state index in [2.05, 4.69) is 15.4 Å². The number of anilines is 1. The minimum atomic E-state index is -0.228. The largest absolute Gasteiger partial charge is 0.497 e. The van der Waals surface area contributed by atoms with Gasteiger partial charge in [-0.05, 0) is 37.1 Å². The normalized spacial score (nSPS) is 13.9. The van der Waals surface area contributed by atoms with Crippen LogP contribution in [0.4, 0.5) is 5.95 Å².